The molecule has 7 heteroatoms. The van der Waals surface area contributed by atoms with Crippen molar-refractivity contribution in [3.05, 3.63) is 24.0 Å². The van der Waals surface area contributed by atoms with Gasteiger partial charge in [-0.3, -0.25) is 0 Å². The van der Waals surface area contributed by atoms with Crippen molar-refractivity contribution in [3.63, 3.8) is 0 Å². The van der Waals surface area contributed by atoms with E-state index in [4.69, 9.17) is 19.5 Å². The molecule has 1 saturated heterocycles. The first-order valence-corrected chi connectivity index (χ1v) is 3.98. The third kappa shape index (κ3) is 1.55. The zero-order chi connectivity index (χ0) is 10.2. The van der Waals surface area contributed by atoms with Gasteiger partial charge in [-0.2, -0.15) is 0 Å². The molecule has 1 aliphatic carbocycles. The van der Waals surface area contributed by atoms with Crippen LogP contribution >= 0.6 is 0 Å². The summed E-state index contributed by atoms with van der Waals surface area (Å²) < 4.78 is 28.1. The second-order valence-corrected chi connectivity index (χ2v) is 2.88. The number of ether oxygens (including phenoxy) is 2. The van der Waals surface area contributed by atoms with Crippen molar-refractivity contribution >= 4 is 7.32 Å². The lowest BCUT2D eigenvalue weighted by atomic mass is 10.0. The zero-order valence-electron chi connectivity index (χ0n) is 7.09. The van der Waals surface area contributed by atoms with Gasteiger partial charge in [-0.1, -0.05) is 6.08 Å². The van der Waals surface area contributed by atoms with Gasteiger partial charge in [-0.15, -0.1) is 0 Å². The lowest BCUT2D eigenvalue weighted by molar-refractivity contribution is -0.130. The van der Waals surface area contributed by atoms with Crippen LogP contribution in [-0.4, -0.2) is 36.1 Å². The Morgan fingerprint density at radius 1 is 1.64 bits per heavy atom. The molecule has 0 aromatic carbocycles. The van der Waals surface area contributed by atoms with Gasteiger partial charge in [0.15, 0.2) is 12.9 Å². The number of halogens is 1. The number of allylic oxidation sites excluding steroid dienone is 2. The third-order valence-corrected chi connectivity index (χ3v) is 1.95. The van der Waals surface area contributed by atoms with Gasteiger partial charge in [0.1, 0.15) is 5.76 Å². The van der Waals surface area contributed by atoms with Crippen molar-refractivity contribution < 1.29 is 28.6 Å². The van der Waals surface area contributed by atoms with Gasteiger partial charge >= 0.3 is 7.32 Å². The molecule has 1 heterocycles. The summed E-state index contributed by atoms with van der Waals surface area (Å²) in [6.45, 7) is -0.0747. The number of fused-ring (bicyclic) bond motifs is 1. The van der Waals surface area contributed by atoms with Crippen molar-refractivity contribution in [2.45, 2.75) is 12.0 Å². The van der Waals surface area contributed by atoms with Crippen LogP contribution in [0.2, 0.25) is 0 Å². The van der Waals surface area contributed by atoms with E-state index in [9.17, 15) is 4.39 Å². The first-order valence-electron chi connectivity index (χ1n) is 3.98. The lowest BCUT2D eigenvalue weighted by Gasteiger charge is -2.28. The highest BCUT2D eigenvalue weighted by Crippen LogP contribution is 2.35. The average molecular weight is 202 g/mol. The standard InChI is InChI=1S/C7H8BFO5/c9-7(14-8(10)11)3-1-2-5-6(7)13-4-12-5/h1-3,6,10-11H,4H2. The van der Waals surface area contributed by atoms with Gasteiger partial charge in [0.25, 0.3) is 5.85 Å². The van der Waals surface area contributed by atoms with Crippen LogP contribution in [0.4, 0.5) is 4.39 Å². The van der Waals surface area contributed by atoms with E-state index >= 15 is 0 Å². The maximum atomic E-state index is 13.9. The third-order valence-electron chi connectivity index (χ3n) is 1.95. The first-order chi connectivity index (χ1) is 6.62. The molecular weight excluding hydrogens is 194 g/mol. The normalized spacial score (nSPS) is 34.8. The Morgan fingerprint density at radius 3 is 3.14 bits per heavy atom. The monoisotopic (exact) mass is 202 g/mol. The minimum atomic E-state index is -2.39. The highest BCUT2D eigenvalue weighted by atomic mass is 19.2. The first kappa shape index (κ1) is 9.66. The van der Waals surface area contributed by atoms with Gasteiger partial charge < -0.3 is 24.2 Å². The molecule has 0 radical (unpaired) electrons. The molecule has 0 saturated carbocycles. The summed E-state index contributed by atoms with van der Waals surface area (Å²) in [5, 5.41) is 17.1. The molecule has 2 rings (SSSR count). The molecule has 2 aliphatic rings. The van der Waals surface area contributed by atoms with E-state index in [2.05, 4.69) is 4.65 Å². The summed E-state index contributed by atoms with van der Waals surface area (Å²) in [6, 6.07) is 0. The molecule has 5 nitrogen and oxygen atoms in total. The Morgan fingerprint density at radius 2 is 2.43 bits per heavy atom. The molecule has 0 spiro atoms. The van der Waals surface area contributed by atoms with Gasteiger partial charge in [-0.25, -0.2) is 4.39 Å². The number of hydrogen-bond acceptors (Lipinski definition) is 5. The van der Waals surface area contributed by atoms with Crippen molar-refractivity contribution in [3.8, 4) is 0 Å². The van der Waals surface area contributed by atoms with Crippen LogP contribution in [-0.2, 0) is 14.1 Å². The molecular formula is C7H8BFO5. The summed E-state index contributed by atoms with van der Waals surface area (Å²) in [5.74, 6) is -2.12. The summed E-state index contributed by atoms with van der Waals surface area (Å²) >= 11 is 0. The topological polar surface area (TPSA) is 68.2 Å². The fraction of sp³-hybridized carbons (Fsp3) is 0.429. The molecule has 0 aromatic heterocycles. The van der Waals surface area contributed by atoms with Crippen LogP contribution in [0, 0.1) is 0 Å². The summed E-state index contributed by atoms with van der Waals surface area (Å²) in [4.78, 5) is 0. The fourth-order valence-electron chi connectivity index (χ4n) is 1.40. The Kier molecular flexibility index (Phi) is 2.32. The summed E-state index contributed by atoms with van der Waals surface area (Å²) in [7, 11) is -2.20. The van der Waals surface area contributed by atoms with Crippen LogP contribution in [0.3, 0.4) is 0 Å². The van der Waals surface area contributed by atoms with Gasteiger partial charge in [0, 0.05) is 0 Å². The second kappa shape index (κ2) is 3.36. The van der Waals surface area contributed by atoms with E-state index < -0.39 is 19.3 Å². The Balaban J connectivity index is 2.19. The van der Waals surface area contributed by atoms with E-state index in [1.807, 2.05) is 0 Å². The maximum Gasteiger partial charge on any atom is 0.636 e. The van der Waals surface area contributed by atoms with Crippen LogP contribution in [0.15, 0.2) is 24.0 Å². The molecule has 1 aliphatic heterocycles. The smallest absolute Gasteiger partial charge is 0.469 e. The van der Waals surface area contributed by atoms with E-state index in [0.29, 0.717) is 0 Å². The largest absolute Gasteiger partial charge is 0.636 e. The maximum absolute atomic E-state index is 13.9. The van der Waals surface area contributed by atoms with Gasteiger partial charge in [0.05, 0.1) is 0 Å². The van der Waals surface area contributed by atoms with Gasteiger partial charge in [0.2, 0.25) is 0 Å². The minimum absolute atomic E-state index is 0.0747. The average Bonchev–Trinajstić information content (AvgIpc) is 2.51. The van der Waals surface area contributed by atoms with Crippen LogP contribution in [0.1, 0.15) is 0 Å². The SMILES string of the molecule is OB(O)OC1(F)C=CC=C2OCOC21. The van der Waals surface area contributed by atoms with Crippen molar-refractivity contribution in [2.75, 3.05) is 6.79 Å². The Hall–Kier alpha value is -0.885. The quantitative estimate of drug-likeness (QED) is 0.588. The van der Waals surface area contributed by atoms with Crippen LogP contribution < -0.4 is 0 Å². The minimum Gasteiger partial charge on any atom is -0.469 e. The fourth-order valence-corrected chi connectivity index (χ4v) is 1.40. The zero-order valence-corrected chi connectivity index (χ0v) is 7.09. The Labute approximate surface area is 79.6 Å². The van der Waals surface area contributed by atoms with Crippen molar-refractivity contribution in [2.24, 2.45) is 0 Å². The number of hydrogen-bond donors (Lipinski definition) is 2. The van der Waals surface area contributed by atoms with E-state index in [1.54, 1.807) is 0 Å². The molecule has 14 heavy (non-hydrogen) atoms. The molecule has 2 N–H and O–H groups in total. The van der Waals surface area contributed by atoms with Crippen molar-refractivity contribution in [1.82, 2.24) is 0 Å². The van der Waals surface area contributed by atoms with Crippen LogP contribution in [0.25, 0.3) is 0 Å². The predicted molar refractivity (Wildman–Crippen MR) is 43.2 cm³/mol. The van der Waals surface area contributed by atoms with E-state index in [-0.39, 0.29) is 12.6 Å². The van der Waals surface area contributed by atoms with Crippen LogP contribution in [0.5, 0.6) is 0 Å². The molecule has 1 fully saturated rings. The Bertz CT molecular complexity index is 292. The highest BCUT2D eigenvalue weighted by molar-refractivity contribution is 6.32. The second-order valence-electron chi connectivity index (χ2n) is 2.88. The lowest BCUT2D eigenvalue weighted by Crippen LogP contribution is -2.45. The molecule has 76 valence electrons. The summed E-state index contributed by atoms with van der Waals surface area (Å²) in [5.41, 5.74) is 0. The molecule has 0 bridgehead atoms. The number of alkyl halides is 1. The number of rotatable bonds is 2. The van der Waals surface area contributed by atoms with Crippen molar-refractivity contribution in [1.29, 1.82) is 0 Å². The molecule has 2 unspecified atom stereocenters. The van der Waals surface area contributed by atoms with E-state index in [0.717, 1.165) is 6.08 Å². The van der Waals surface area contributed by atoms with Gasteiger partial charge in [-0.05, 0) is 12.2 Å². The molecule has 0 amide bonds. The van der Waals surface area contributed by atoms with E-state index in [1.165, 1.54) is 12.2 Å². The molecule has 2 atom stereocenters. The predicted octanol–water partition coefficient (Wildman–Crippen LogP) is -0.535. The highest BCUT2D eigenvalue weighted by Gasteiger charge is 2.48. The summed E-state index contributed by atoms with van der Waals surface area (Å²) in [6.07, 6.45) is 2.86. The molecule has 0 aromatic rings.